The smallest absolute Gasteiger partial charge is 0.327 e. The first-order valence-electron chi connectivity index (χ1n) is 9.89. The van der Waals surface area contributed by atoms with Crippen LogP contribution in [0.1, 0.15) is 19.4 Å². The van der Waals surface area contributed by atoms with E-state index in [0.717, 1.165) is 0 Å². The molecule has 32 heavy (non-hydrogen) atoms. The standard InChI is InChI=1S/C20H30N4O7S/c1-10(2)16(21)19(29)23-14(8-25)18(28)22-13(7-11-3-5-12(26)6-4-11)17(27)24-15(9-32)20(30)31/h3-6,10,13-16,25-26,32H,7-9,21H2,1-2H3,(H,22,28)(H,23,29)(H,24,27)(H,30,31). The van der Waals surface area contributed by atoms with Crippen molar-refractivity contribution in [2.24, 2.45) is 11.7 Å². The molecule has 0 aliphatic rings. The number of aliphatic hydroxyl groups excluding tert-OH is 1. The largest absolute Gasteiger partial charge is 0.508 e. The maximum atomic E-state index is 12.7. The van der Waals surface area contributed by atoms with Crippen LogP contribution in [0.15, 0.2) is 24.3 Å². The molecule has 0 bridgehead atoms. The van der Waals surface area contributed by atoms with Gasteiger partial charge >= 0.3 is 5.97 Å². The summed E-state index contributed by atoms with van der Waals surface area (Å²) in [7, 11) is 0. The van der Waals surface area contributed by atoms with E-state index in [1.807, 2.05) is 0 Å². The second-order valence-electron chi connectivity index (χ2n) is 7.53. The Bertz CT molecular complexity index is 804. The fourth-order valence-corrected chi connectivity index (χ4v) is 2.82. The summed E-state index contributed by atoms with van der Waals surface area (Å²) in [5.74, 6) is -3.98. The van der Waals surface area contributed by atoms with E-state index in [9.17, 15) is 29.4 Å². The number of hydrogen-bond donors (Lipinski definition) is 8. The Hall–Kier alpha value is -2.83. The lowest BCUT2D eigenvalue weighted by Crippen LogP contribution is -2.59. The van der Waals surface area contributed by atoms with Gasteiger partial charge in [-0.05, 0) is 23.6 Å². The Morgan fingerprint density at radius 3 is 1.91 bits per heavy atom. The van der Waals surface area contributed by atoms with E-state index in [4.69, 9.17) is 10.8 Å². The van der Waals surface area contributed by atoms with E-state index in [-0.39, 0.29) is 23.8 Å². The van der Waals surface area contributed by atoms with E-state index in [2.05, 4.69) is 28.6 Å². The van der Waals surface area contributed by atoms with Crippen molar-refractivity contribution in [3.05, 3.63) is 29.8 Å². The Balaban J connectivity index is 3.02. The summed E-state index contributed by atoms with van der Waals surface area (Å²) in [5.41, 5.74) is 6.32. The summed E-state index contributed by atoms with van der Waals surface area (Å²) in [4.78, 5) is 48.8. The van der Waals surface area contributed by atoms with E-state index < -0.39 is 54.5 Å². The molecule has 1 rings (SSSR count). The van der Waals surface area contributed by atoms with Crippen LogP contribution >= 0.6 is 12.6 Å². The molecule has 12 heteroatoms. The molecular formula is C20H30N4O7S. The number of carbonyl (C=O) groups is 4. The Kier molecular flexibility index (Phi) is 11.0. The maximum Gasteiger partial charge on any atom is 0.327 e. The molecule has 4 unspecified atom stereocenters. The van der Waals surface area contributed by atoms with Crippen LogP contribution in [-0.2, 0) is 25.6 Å². The van der Waals surface area contributed by atoms with Crippen molar-refractivity contribution in [2.75, 3.05) is 12.4 Å². The highest BCUT2D eigenvalue weighted by molar-refractivity contribution is 7.80. The minimum atomic E-state index is -1.37. The number of phenolic OH excluding ortho intramolecular Hbond substituents is 1. The van der Waals surface area contributed by atoms with Crippen molar-refractivity contribution < 1.29 is 34.5 Å². The minimum absolute atomic E-state index is 0.00403. The SMILES string of the molecule is CC(C)C(N)C(=O)NC(CO)C(=O)NC(Cc1ccc(O)cc1)C(=O)NC(CS)C(=O)O. The van der Waals surface area contributed by atoms with Gasteiger partial charge in [0.15, 0.2) is 0 Å². The molecule has 8 N–H and O–H groups in total. The van der Waals surface area contributed by atoms with Gasteiger partial charge in [0.25, 0.3) is 0 Å². The topological polar surface area (TPSA) is 191 Å². The van der Waals surface area contributed by atoms with Crippen LogP contribution in [0, 0.1) is 5.92 Å². The molecule has 4 atom stereocenters. The lowest BCUT2D eigenvalue weighted by atomic mass is 10.0. The number of hydrogen-bond acceptors (Lipinski definition) is 8. The van der Waals surface area contributed by atoms with Gasteiger partial charge in [0.1, 0.15) is 23.9 Å². The van der Waals surface area contributed by atoms with Gasteiger partial charge in [0.05, 0.1) is 12.6 Å². The van der Waals surface area contributed by atoms with Crippen molar-refractivity contribution >= 4 is 36.3 Å². The molecule has 0 aliphatic carbocycles. The van der Waals surface area contributed by atoms with Crippen LogP contribution < -0.4 is 21.7 Å². The number of thiol groups is 1. The molecule has 0 saturated heterocycles. The zero-order chi connectivity index (χ0) is 24.4. The number of carboxylic acid groups (broad SMARTS) is 1. The van der Waals surface area contributed by atoms with Gasteiger partial charge in [0, 0.05) is 12.2 Å². The third-order valence-electron chi connectivity index (χ3n) is 4.64. The van der Waals surface area contributed by atoms with E-state index in [1.165, 1.54) is 24.3 Å². The number of benzene rings is 1. The maximum absolute atomic E-state index is 12.7. The number of nitrogens with one attached hydrogen (secondary N) is 3. The van der Waals surface area contributed by atoms with Gasteiger partial charge in [-0.15, -0.1) is 0 Å². The van der Waals surface area contributed by atoms with Gasteiger partial charge in [-0.2, -0.15) is 12.6 Å². The first-order valence-corrected chi connectivity index (χ1v) is 10.5. The number of nitrogens with two attached hydrogens (primary N) is 1. The number of carboxylic acids is 1. The van der Waals surface area contributed by atoms with Gasteiger partial charge in [-0.1, -0.05) is 26.0 Å². The fraction of sp³-hybridized carbons (Fsp3) is 0.500. The Labute approximate surface area is 191 Å². The summed E-state index contributed by atoms with van der Waals surface area (Å²) >= 11 is 3.90. The van der Waals surface area contributed by atoms with E-state index in [0.29, 0.717) is 5.56 Å². The molecule has 11 nitrogen and oxygen atoms in total. The van der Waals surface area contributed by atoms with Crippen LogP contribution in [0.4, 0.5) is 0 Å². The number of aliphatic carboxylic acids is 1. The molecule has 0 radical (unpaired) electrons. The summed E-state index contributed by atoms with van der Waals surface area (Å²) < 4.78 is 0. The fourth-order valence-electron chi connectivity index (χ4n) is 2.57. The second-order valence-corrected chi connectivity index (χ2v) is 7.89. The number of phenols is 1. The van der Waals surface area contributed by atoms with Gasteiger partial charge in [-0.25, -0.2) is 4.79 Å². The summed E-state index contributed by atoms with van der Waals surface area (Å²) in [6.07, 6.45) is -0.0473. The molecule has 178 valence electrons. The average molecular weight is 471 g/mol. The van der Waals surface area contributed by atoms with Crippen LogP contribution in [0.25, 0.3) is 0 Å². The van der Waals surface area contributed by atoms with Gasteiger partial charge < -0.3 is 37.0 Å². The Morgan fingerprint density at radius 1 is 0.938 bits per heavy atom. The summed E-state index contributed by atoms with van der Waals surface area (Å²) in [5, 5.41) is 35.2. The highest BCUT2D eigenvalue weighted by atomic mass is 32.1. The molecule has 0 fully saturated rings. The lowest BCUT2D eigenvalue weighted by molar-refractivity contribution is -0.141. The van der Waals surface area contributed by atoms with Crippen molar-refractivity contribution in [1.29, 1.82) is 0 Å². The first kappa shape index (κ1) is 27.2. The molecular weight excluding hydrogens is 440 g/mol. The molecule has 0 aliphatic heterocycles. The molecule has 1 aromatic carbocycles. The van der Waals surface area contributed by atoms with Gasteiger partial charge in [-0.3, -0.25) is 14.4 Å². The number of rotatable bonds is 12. The minimum Gasteiger partial charge on any atom is -0.508 e. The van der Waals surface area contributed by atoms with Crippen molar-refractivity contribution in [2.45, 2.75) is 44.4 Å². The molecule has 0 heterocycles. The lowest BCUT2D eigenvalue weighted by Gasteiger charge is -2.24. The predicted octanol–water partition coefficient (Wildman–Crippen LogP) is -1.62. The number of amides is 3. The van der Waals surface area contributed by atoms with Crippen LogP contribution in [0.3, 0.4) is 0 Å². The summed E-state index contributed by atoms with van der Waals surface area (Å²) in [6, 6.07) is 1.04. The second kappa shape index (κ2) is 12.9. The molecule has 0 saturated carbocycles. The zero-order valence-electron chi connectivity index (χ0n) is 17.8. The Morgan fingerprint density at radius 2 is 1.44 bits per heavy atom. The van der Waals surface area contributed by atoms with Crippen molar-refractivity contribution in [1.82, 2.24) is 16.0 Å². The highest BCUT2D eigenvalue weighted by Crippen LogP contribution is 2.12. The number of aromatic hydroxyl groups is 1. The first-order chi connectivity index (χ1) is 15.0. The third-order valence-corrected chi connectivity index (χ3v) is 5.01. The average Bonchev–Trinajstić information content (AvgIpc) is 2.75. The number of aliphatic hydroxyl groups is 1. The third kappa shape index (κ3) is 8.36. The molecule has 0 spiro atoms. The van der Waals surface area contributed by atoms with Crippen LogP contribution in [-0.4, -0.2) is 75.5 Å². The molecule has 3 amide bonds. The van der Waals surface area contributed by atoms with Crippen LogP contribution in [0.5, 0.6) is 5.75 Å². The zero-order valence-corrected chi connectivity index (χ0v) is 18.7. The van der Waals surface area contributed by atoms with Crippen molar-refractivity contribution in [3.8, 4) is 5.75 Å². The predicted molar refractivity (Wildman–Crippen MR) is 119 cm³/mol. The normalized spacial score (nSPS) is 14.7. The van der Waals surface area contributed by atoms with E-state index in [1.54, 1.807) is 13.8 Å². The van der Waals surface area contributed by atoms with E-state index >= 15 is 0 Å². The quantitative estimate of drug-likeness (QED) is 0.167. The molecule has 1 aromatic rings. The summed E-state index contributed by atoms with van der Waals surface area (Å²) in [6.45, 7) is 2.69. The van der Waals surface area contributed by atoms with Gasteiger partial charge in [0.2, 0.25) is 17.7 Å². The van der Waals surface area contributed by atoms with Crippen molar-refractivity contribution in [3.63, 3.8) is 0 Å². The highest BCUT2D eigenvalue weighted by Gasteiger charge is 2.30. The molecule has 0 aromatic heterocycles. The monoisotopic (exact) mass is 470 g/mol. The van der Waals surface area contributed by atoms with Crippen LogP contribution in [0.2, 0.25) is 0 Å². The number of carbonyl (C=O) groups excluding carboxylic acids is 3.